The number of imidazole rings is 1. The van der Waals surface area contributed by atoms with Crippen molar-refractivity contribution in [2.24, 2.45) is 5.73 Å². The summed E-state index contributed by atoms with van der Waals surface area (Å²) in [5, 5.41) is 3.36. The third kappa shape index (κ3) is 4.60. The van der Waals surface area contributed by atoms with Crippen LogP contribution >= 0.6 is 11.6 Å². The van der Waals surface area contributed by atoms with Gasteiger partial charge in [0, 0.05) is 29.2 Å². The molecule has 1 saturated heterocycles. The van der Waals surface area contributed by atoms with Crippen molar-refractivity contribution < 1.29 is 14.4 Å². The summed E-state index contributed by atoms with van der Waals surface area (Å²) in [6, 6.07) is 9.43. The maximum absolute atomic E-state index is 12.9. The van der Waals surface area contributed by atoms with Gasteiger partial charge in [0.25, 0.3) is 11.8 Å². The first-order valence-corrected chi connectivity index (χ1v) is 10.8. The summed E-state index contributed by atoms with van der Waals surface area (Å²) >= 11 is 6.02. The number of amides is 3. The number of hydrogen-bond donors (Lipinski definition) is 3. The van der Waals surface area contributed by atoms with Crippen molar-refractivity contribution in [1.29, 1.82) is 0 Å². The standard InChI is InChI=1S/C23H24ClN5O3/c1-13-10-14(4-6-16(13)23(32)29-8-2-3-9-29)22(31)28-19(12-20(25)30)21-26-17-7-5-15(24)11-18(17)27-21/h4-7,10-11,19H,2-3,8-9,12H2,1H3,(H2,25,30)(H,26,27)(H,28,31). The molecule has 8 nitrogen and oxygen atoms in total. The number of fused-ring (bicyclic) bond motifs is 1. The van der Waals surface area contributed by atoms with Gasteiger partial charge >= 0.3 is 0 Å². The van der Waals surface area contributed by atoms with Crippen LogP contribution in [0.1, 0.15) is 57.4 Å². The van der Waals surface area contributed by atoms with Gasteiger partial charge in [-0.05, 0) is 61.7 Å². The molecule has 2 aromatic carbocycles. The van der Waals surface area contributed by atoms with Crippen LogP contribution < -0.4 is 11.1 Å². The van der Waals surface area contributed by atoms with Crippen molar-refractivity contribution >= 4 is 40.4 Å². The van der Waals surface area contributed by atoms with E-state index in [4.69, 9.17) is 17.3 Å². The van der Waals surface area contributed by atoms with Crippen LogP contribution in [0, 0.1) is 6.92 Å². The number of halogens is 1. The second-order valence-corrected chi connectivity index (χ2v) is 8.45. The average Bonchev–Trinajstić information content (AvgIpc) is 3.42. The number of benzene rings is 2. The van der Waals surface area contributed by atoms with E-state index in [0.29, 0.717) is 27.5 Å². The van der Waals surface area contributed by atoms with Crippen LogP contribution in [0.5, 0.6) is 0 Å². The first-order chi connectivity index (χ1) is 15.3. The van der Waals surface area contributed by atoms with Gasteiger partial charge in [-0.3, -0.25) is 14.4 Å². The summed E-state index contributed by atoms with van der Waals surface area (Å²) < 4.78 is 0. The zero-order valence-corrected chi connectivity index (χ0v) is 18.4. The Bertz CT molecular complexity index is 1200. The van der Waals surface area contributed by atoms with Gasteiger partial charge in [0.1, 0.15) is 5.82 Å². The minimum atomic E-state index is -0.739. The molecule has 166 valence electrons. The highest BCUT2D eigenvalue weighted by Crippen LogP contribution is 2.23. The highest BCUT2D eigenvalue weighted by molar-refractivity contribution is 6.31. The summed E-state index contributed by atoms with van der Waals surface area (Å²) in [5.41, 5.74) is 8.45. The van der Waals surface area contributed by atoms with Crippen LogP contribution in [0.25, 0.3) is 11.0 Å². The first kappa shape index (κ1) is 21.8. The van der Waals surface area contributed by atoms with Gasteiger partial charge in [0.05, 0.1) is 23.5 Å². The Kier molecular flexibility index (Phi) is 6.14. The second kappa shape index (κ2) is 9.00. The number of nitrogens with one attached hydrogen (secondary N) is 2. The zero-order valence-electron chi connectivity index (χ0n) is 17.7. The molecule has 1 aliphatic heterocycles. The largest absolute Gasteiger partial charge is 0.370 e. The molecule has 9 heteroatoms. The normalized spacial score (nSPS) is 14.5. The SMILES string of the molecule is Cc1cc(C(=O)NC(CC(N)=O)c2nc3cc(Cl)ccc3[nH]2)ccc1C(=O)N1CCCC1. The van der Waals surface area contributed by atoms with Gasteiger partial charge in [0.15, 0.2) is 0 Å². The van der Waals surface area contributed by atoms with Gasteiger partial charge in [-0.15, -0.1) is 0 Å². The van der Waals surface area contributed by atoms with Gasteiger partial charge in [0.2, 0.25) is 5.91 Å². The van der Waals surface area contributed by atoms with Crippen LogP contribution in [0.2, 0.25) is 5.02 Å². The van der Waals surface area contributed by atoms with Crippen LogP contribution in [0.15, 0.2) is 36.4 Å². The van der Waals surface area contributed by atoms with E-state index >= 15 is 0 Å². The Hall–Kier alpha value is -3.39. The van der Waals surface area contributed by atoms with Crippen molar-refractivity contribution in [3.63, 3.8) is 0 Å². The lowest BCUT2D eigenvalue weighted by Gasteiger charge is -2.18. The third-order valence-electron chi connectivity index (χ3n) is 5.62. The van der Waals surface area contributed by atoms with Crippen molar-refractivity contribution in [2.45, 2.75) is 32.2 Å². The number of H-pyrrole nitrogens is 1. The topological polar surface area (TPSA) is 121 Å². The monoisotopic (exact) mass is 453 g/mol. The molecule has 3 amide bonds. The van der Waals surface area contributed by atoms with Crippen LogP contribution in [0.3, 0.4) is 0 Å². The first-order valence-electron chi connectivity index (χ1n) is 10.5. The van der Waals surface area contributed by atoms with E-state index in [0.717, 1.165) is 37.0 Å². The molecular weight excluding hydrogens is 430 g/mol. The number of carbonyl (C=O) groups is 3. The number of aryl methyl sites for hydroxylation is 1. The maximum atomic E-state index is 12.9. The average molecular weight is 454 g/mol. The van der Waals surface area contributed by atoms with E-state index in [1.807, 2.05) is 11.8 Å². The minimum Gasteiger partial charge on any atom is -0.370 e. The highest BCUT2D eigenvalue weighted by Gasteiger charge is 2.24. The number of hydrogen-bond acceptors (Lipinski definition) is 4. The van der Waals surface area contributed by atoms with Crippen molar-refractivity contribution in [2.75, 3.05) is 13.1 Å². The molecule has 3 aromatic rings. The van der Waals surface area contributed by atoms with E-state index in [2.05, 4.69) is 15.3 Å². The third-order valence-corrected chi connectivity index (χ3v) is 5.85. The number of nitrogens with two attached hydrogens (primary N) is 1. The molecule has 0 radical (unpaired) electrons. The summed E-state index contributed by atoms with van der Waals surface area (Å²) in [6.07, 6.45) is 1.91. The lowest BCUT2D eigenvalue weighted by atomic mass is 10.0. The molecular formula is C23H24ClN5O3. The quantitative estimate of drug-likeness (QED) is 0.530. The Balaban J connectivity index is 1.55. The molecule has 4 rings (SSSR count). The Morgan fingerprint density at radius 1 is 1.19 bits per heavy atom. The minimum absolute atomic E-state index is 0.0144. The molecule has 1 fully saturated rings. The van der Waals surface area contributed by atoms with Crippen LogP contribution in [-0.4, -0.2) is 45.7 Å². The summed E-state index contributed by atoms with van der Waals surface area (Å²) in [5.74, 6) is -0.569. The van der Waals surface area contributed by atoms with Crippen molar-refractivity contribution in [3.8, 4) is 0 Å². The molecule has 1 aliphatic rings. The number of aromatic nitrogens is 2. The summed E-state index contributed by atoms with van der Waals surface area (Å²) in [6.45, 7) is 3.33. The van der Waals surface area contributed by atoms with E-state index in [1.165, 1.54) is 0 Å². The Morgan fingerprint density at radius 2 is 1.94 bits per heavy atom. The van der Waals surface area contributed by atoms with Crippen molar-refractivity contribution in [3.05, 3.63) is 63.9 Å². The highest BCUT2D eigenvalue weighted by atomic mass is 35.5. The van der Waals surface area contributed by atoms with Gasteiger partial charge in [-0.25, -0.2) is 4.98 Å². The number of aromatic amines is 1. The van der Waals surface area contributed by atoms with E-state index < -0.39 is 17.9 Å². The molecule has 1 atom stereocenters. The molecule has 0 aliphatic carbocycles. The lowest BCUT2D eigenvalue weighted by Crippen LogP contribution is -2.33. The molecule has 2 heterocycles. The number of primary amides is 1. The number of carbonyl (C=O) groups excluding carboxylic acids is 3. The van der Waals surface area contributed by atoms with E-state index in [9.17, 15) is 14.4 Å². The van der Waals surface area contributed by atoms with Crippen LogP contribution in [0.4, 0.5) is 0 Å². The summed E-state index contributed by atoms with van der Waals surface area (Å²) in [4.78, 5) is 46.7. The number of likely N-dealkylation sites (tertiary alicyclic amines) is 1. The molecule has 1 unspecified atom stereocenters. The molecule has 32 heavy (non-hydrogen) atoms. The Labute approximate surface area is 190 Å². The lowest BCUT2D eigenvalue weighted by molar-refractivity contribution is -0.118. The fraction of sp³-hybridized carbons (Fsp3) is 0.304. The second-order valence-electron chi connectivity index (χ2n) is 8.01. The predicted octanol–water partition coefficient (Wildman–Crippen LogP) is 3.11. The van der Waals surface area contributed by atoms with E-state index in [1.54, 1.807) is 36.4 Å². The van der Waals surface area contributed by atoms with Gasteiger partial charge < -0.3 is 20.9 Å². The number of nitrogens with zero attached hydrogens (tertiary/aromatic N) is 2. The molecule has 0 bridgehead atoms. The molecule has 1 aromatic heterocycles. The fourth-order valence-corrected chi connectivity index (χ4v) is 4.12. The molecule has 4 N–H and O–H groups in total. The number of rotatable bonds is 6. The molecule has 0 saturated carbocycles. The van der Waals surface area contributed by atoms with Gasteiger partial charge in [-0.1, -0.05) is 11.6 Å². The predicted molar refractivity (Wildman–Crippen MR) is 121 cm³/mol. The van der Waals surface area contributed by atoms with Crippen LogP contribution in [-0.2, 0) is 4.79 Å². The van der Waals surface area contributed by atoms with E-state index in [-0.39, 0.29) is 12.3 Å². The van der Waals surface area contributed by atoms with Crippen molar-refractivity contribution in [1.82, 2.24) is 20.2 Å². The molecule has 0 spiro atoms. The van der Waals surface area contributed by atoms with Gasteiger partial charge in [-0.2, -0.15) is 0 Å². The Morgan fingerprint density at radius 3 is 2.62 bits per heavy atom. The smallest absolute Gasteiger partial charge is 0.254 e. The summed E-state index contributed by atoms with van der Waals surface area (Å²) in [7, 11) is 0. The fourth-order valence-electron chi connectivity index (χ4n) is 3.96. The zero-order chi connectivity index (χ0) is 22.8. The maximum Gasteiger partial charge on any atom is 0.254 e.